The number of nitrogens with zero attached hydrogens (tertiary/aromatic N) is 3. The molecule has 13 heteroatoms. The summed E-state index contributed by atoms with van der Waals surface area (Å²) in [5, 5.41) is 2.91. The standard InChI is InChI=1S/C17H12ClF6N5O/c18-8-3-10-11(6-27-13(10)25-4-8)14-28-7-12(17(22,23)24)15(29-14)26-5-9(30)1-2-16(19,20)21/h3-4,6-7H,1-2,5H2,(H,25,27)(H,26,28,29). The fourth-order valence-corrected chi connectivity index (χ4v) is 2.73. The van der Waals surface area contributed by atoms with Gasteiger partial charge in [-0.2, -0.15) is 26.3 Å². The molecule has 0 aromatic carbocycles. The SMILES string of the molecule is O=C(CCC(F)(F)F)CNc1nc(-c2c[nH]c3ncc(Cl)cc23)ncc1C(F)(F)F. The van der Waals surface area contributed by atoms with Crippen molar-refractivity contribution in [3.63, 3.8) is 0 Å². The third kappa shape index (κ3) is 5.17. The molecule has 3 rings (SSSR count). The topological polar surface area (TPSA) is 83.6 Å². The highest BCUT2D eigenvalue weighted by molar-refractivity contribution is 6.31. The number of aromatic nitrogens is 4. The second-order valence-corrected chi connectivity index (χ2v) is 6.65. The Morgan fingerprint density at radius 3 is 2.53 bits per heavy atom. The number of rotatable bonds is 6. The highest BCUT2D eigenvalue weighted by Crippen LogP contribution is 2.35. The first-order chi connectivity index (χ1) is 13.9. The molecule has 0 radical (unpaired) electrons. The van der Waals surface area contributed by atoms with Gasteiger partial charge < -0.3 is 10.3 Å². The predicted octanol–water partition coefficient (Wildman–Crippen LogP) is 5.02. The molecule has 0 spiro atoms. The van der Waals surface area contributed by atoms with Gasteiger partial charge in [-0.15, -0.1) is 0 Å². The maximum Gasteiger partial charge on any atom is 0.421 e. The molecule has 0 aliphatic rings. The molecule has 2 N–H and O–H groups in total. The number of carbonyl (C=O) groups excluding carboxylic acids is 1. The van der Waals surface area contributed by atoms with Crippen LogP contribution in [0.2, 0.25) is 5.02 Å². The van der Waals surface area contributed by atoms with E-state index in [0.717, 1.165) is 0 Å². The maximum atomic E-state index is 13.3. The van der Waals surface area contributed by atoms with E-state index >= 15 is 0 Å². The van der Waals surface area contributed by atoms with E-state index in [1.165, 1.54) is 18.5 Å². The first-order valence-corrected chi connectivity index (χ1v) is 8.71. The third-order valence-corrected chi connectivity index (χ3v) is 4.18. The lowest BCUT2D eigenvalue weighted by Crippen LogP contribution is -2.20. The van der Waals surface area contributed by atoms with Crippen LogP contribution in [0.4, 0.5) is 32.2 Å². The molecular formula is C17H12ClF6N5O. The molecule has 0 fully saturated rings. The molecule has 0 unspecified atom stereocenters. The monoisotopic (exact) mass is 451 g/mol. The number of anilines is 1. The molecule has 3 heterocycles. The van der Waals surface area contributed by atoms with Crippen molar-refractivity contribution in [2.24, 2.45) is 0 Å². The molecular weight excluding hydrogens is 440 g/mol. The van der Waals surface area contributed by atoms with Crippen molar-refractivity contribution in [1.29, 1.82) is 0 Å². The normalized spacial score (nSPS) is 12.4. The van der Waals surface area contributed by atoms with Gasteiger partial charge in [-0.3, -0.25) is 4.79 Å². The fraction of sp³-hybridized carbons (Fsp3) is 0.294. The lowest BCUT2D eigenvalue weighted by atomic mass is 10.2. The zero-order valence-corrected chi connectivity index (χ0v) is 15.6. The summed E-state index contributed by atoms with van der Waals surface area (Å²) in [5.41, 5.74) is -0.555. The van der Waals surface area contributed by atoms with Gasteiger partial charge in [0.25, 0.3) is 0 Å². The first-order valence-electron chi connectivity index (χ1n) is 8.33. The number of halogens is 7. The average molecular weight is 452 g/mol. The van der Waals surface area contributed by atoms with E-state index < -0.39 is 48.9 Å². The van der Waals surface area contributed by atoms with Crippen molar-refractivity contribution in [2.75, 3.05) is 11.9 Å². The van der Waals surface area contributed by atoms with E-state index in [0.29, 0.717) is 22.8 Å². The number of nitrogens with one attached hydrogen (secondary N) is 2. The summed E-state index contributed by atoms with van der Waals surface area (Å²) in [6.07, 6.45) is -8.28. The number of Topliss-reactive ketones (excluding diaryl/α,β-unsaturated/α-hetero) is 1. The van der Waals surface area contributed by atoms with Gasteiger partial charge in [0.2, 0.25) is 0 Å². The first kappa shape index (κ1) is 21.8. The Kier molecular flexibility index (Phi) is 5.88. The van der Waals surface area contributed by atoms with Crippen molar-refractivity contribution in [3.8, 4) is 11.4 Å². The number of H-pyrrole nitrogens is 1. The number of fused-ring (bicyclic) bond motifs is 1. The average Bonchev–Trinajstić information content (AvgIpc) is 3.06. The summed E-state index contributed by atoms with van der Waals surface area (Å²) < 4.78 is 76.4. The van der Waals surface area contributed by atoms with Crippen LogP contribution in [-0.2, 0) is 11.0 Å². The molecule has 0 saturated carbocycles. The molecule has 3 aromatic heterocycles. The Balaban J connectivity index is 1.91. The minimum Gasteiger partial charge on any atom is -0.362 e. The molecule has 0 aliphatic heterocycles. The number of alkyl halides is 6. The molecule has 0 saturated heterocycles. The van der Waals surface area contributed by atoms with Crippen LogP contribution in [0.1, 0.15) is 18.4 Å². The van der Waals surface area contributed by atoms with Crippen molar-refractivity contribution in [3.05, 3.63) is 35.2 Å². The van der Waals surface area contributed by atoms with Gasteiger partial charge in [0, 0.05) is 36.0 Å². The van der Waals surface area contributed by atoms with E-state index in [1.807, 2.05) is 0 Å². The van der Waals surface area contributed by atoms with Crippen molar-refractivity contribution in [1.82, 2.24) is 19.9 Å². The number of hydrogen-bond donors (Lipinski definition) is 2. The number of carbonyl (C=O) groups is 1. The minimum atomic E-state index is -4.85. The van der Waals surface area contributed by atoms with E-state index in [-0.39, 0.29) is 10.8 Å². The summed E-state index contributed by atoms with van der Waals surface area (Å²) in [6, 6.07) is 1.52. The van der Waals surface area contributed by atoms with Crippen LogP contribution < -0.4 is 5.32 Å². The molecule has 0 bridgehead atoms. The van der Waals surface area contributed by atoms with Crippen molar-refractivity contribution < 1.29 is 31.1 Å². The predicted molar refractivity (Wildman–Crippen MR) is 95.9 cm³/mol. The van der Waals surface area contributed by atoms with Gasteiger partial charge >= 0.3 is 12.4 Å². The van der Waals surface area contributed by atoms with Crippen LogP contribution in [0.25, 0.3) is 22.4 Å². The van der Waals surface area contributed by atoms with Crippen LogP contribution in [0.15, 0.2) is 24.7 Å². The molecule has 6 nitrogen and oxygen atoms in total. The number of aromatic amines is 1. The molecule has 0 amide bonds. The summed E-state index contributed by atoms with van der Waals surface area (Å²) in [4.78, 5) is 26.0. The van der Waals surface area contributed by atoms with Gasteiger partial charge in [0.05, 0.1) is 18.0 Å². The summed E-state index contributed by atoms with van der Waals surface area (Å²) in [6.45, 7) is -0.753. The van der Waals surface area contributed by atoms with Gasteiger partial charge in [0.1, 0.15) is 17.0 Å². The molecule has 0 aliphatic carbocycles. The van der Waals surface area contributed by atoms with Crippen LogP contribution in [0.5, 0.6) is 0 Å². The second-order valence-electron chi connectivity index (χ2n) is 6.21. The molecule has 30 heavy (non-hydrogen) atoms. The van der Waals surface area contributed by atoms with Crippen molar-refractivity contribution in [2.45, 2.75) is 25.2 Å². The van der Waals surface area contributed by atoms with E-state index in [9.17, 15) is 31.1 Å². The summed E-state index contributed by atoms with van der Waals surface area (Å²) in [7, 11) is 0. The van der Waals surface area contributed by atoms with Crippen LogP contribution >= 0.6 is 11.6 Å². The van der Waals surface area contributed by atoms with Crippen LogP contribution in [-0.4, -0.2) is 38.4 Å². The molecule has 0 atom stereocenters. The van der Waals surface area contributed by atoms with Crippen LogP contribution in [0.3, 0.4) is 0 Å². The number of ketones is 1. The number of pyridine rings is 1. The van der Waals surface area contributed by atoms with Crippen LogP contribution in [0, 0.1) is 0 Å². The van der Waals surface area contributed by atoms with Gasteiger partial charge in [-0.25, -0.2) is 15.0 Å². The largest absolute Gasteiger partial charge is 0.421 e. The lowest BCUT2D eigenvalue weighted by Gasteiger charge is -2.14. The fourth-order valence-electron chi connectivity index (χ4n) is 2.57. The number of hydrogen-bond acceptors (Lipinski definition) is 5. The molecule has 3 aromatic rings. The minimum absolute atomic E-state index is 0.122. The highest BCUT2D eigenvalue weighted by atomic mass is 35.5. The Morgan fingerprint density at radius 1 is 1.13 bits per heavy atom. The highest BCUT2D eigenvalue weighted by Gasteiger charge is 2.36. The quantitative estimate of drug-likeness (QED) is 0.514. The smallest absolute Gasteiger partial charge is 0.362 e. The van der Waals surface area contributed by atoms with Gasteiger partial charge in [-0.1, -0.05) is 11.6 Å². The second kappa shape index (κ2) is 8.09. The molecule has 160 valence electrons. The Labute approximate surface area is 169 Å². The Hall–Kier alpha value is -2.89. The Morgan fingerprint density at radius 2 is 1.87 bits per heavy atom. The third-order valence-electron chi connectivity index (χ3n) is 3.97. The van der Waals surface area contributed by atoms with Gasteiger partial charge in [0.15, 0.2) is 11.6 Å². The summed E-state index contributed by atoms with van der Waals surface area (Å²) >= 11 is 5.90. The maximum absolute atomic E-state index is 13.3. The summed E-state index contributed by atoms with van der Waals surface area (Å²) in [5.74, 6) is -1.76. The van der Waals surface area contributed by atoms with E-state index in [2.05, 4.69) is 25.3 Å². The van der Waals surface area contributed by atoms with Crippen molar-refractivity contribution >= 4 is 34.2 Å². The zero-order chi connectivity index (χ0) is 22.1. The zero-order valence-electron chi connectivity index (χ0n) is 14.8. The Bertz CT molecular complexity index is 1080. The van der Waals surface area contributed by atoms with Gasteiger partial charge in [-0.05, 0) is 6.07 Å². The van der Waals surface area contributed by atoms with E-state index in [4.69, 9.17) is 11.6 Å². The lowest BCUT2D eigenvalue weighted by molar-refractivity contribution is -0.142. The van der Waals surface area contributed by atoms with E-state index in [1.54, 1.807) is 0 Å².